The minimum absolute atomic E-state index is 0.293. The monoisotopic (exact) mass is 212 g/mol. The van der Waals surface area contributed by atoms with E-state index in [-0.39, 0.29) is 0 Å². The Hall–Kier alpha value is -1.25. The minimum atomic E-state index is -0.700. The quantitative estimate of drug-likeness (QED) is 0.350. The smallest absolute Gasteiger partial charge is 0.303 e. The van der Waals surface area contributed by atoms with Gasteiger partial charge < -0.3 is 10.2 Å². The molecule has 0 aliphatic heterocycles. The molecule has 15 heavy (non-hydrogen) atoms. The molecule has 0 aliphatic rings. The number of carboxylic acid groups (broad SMARTS) is 1. The van der Waals surface area contributed by atoms with Crippen molar-refractivity contribution in [2.24, 2.45) is 0 Å². The molecule has 0 radical (unpaired) electrons. The number of aliphatic hydroxyl groups excluding tert-OH is 1. The van der Waals surface area contributed by atoms with Gasteiger partial charge in [-0.3, -0.25) is 4.79 Å². The van der Waals surface area contributed by atoms with Crippen LogP contribution in [0, 0.1) is 0 Å². The molecule has 0 atom stereocenters. The molecule has 0 heterocycles. The van der Waals surface area contributed by atoms with Gasteiger partial charge in [0.05, 0.1) is 6.26 Å². The standard InChI is InChI=1S/C12H20O3/c13-11-9-7-5-3-1-2-4-6-8-10-12(14)15/h5,7,9,11,13H,1-4,6,8,10H2,(H,14,15)/b7-5-,11-9+. The maximum absolute atomic E-state index is 10.2. The van der Waals surface area contributed by atoms with Gasteiger partial charge in [0.1, 0.15) is 0 Å². The Labute approximate surface area is 91.1 Å². The number of aliphatic hydroxyl groups is 1. The summed E-state index contributed by atoms with van der Waals surface area (Å²) >= 11 is 0. The van der Waals surface area contributed by atoms with Crippen LogP contribution in [0.1, 0.15) is 44.9 Å². The van der Waals surface area contributed by atoms with E-state index in [1.165, 1.54) is 0 Å². The van der Waals surface area contributed by atoms with Crippen LogP contribution in [-0.2, 0) is 4.79 Å². The highest BCUT2D eigenvalue weighted by molar-refractivity contribution is 5.66. The lowest BCUT2D eigenvalue weighted by molar-refractivity contribution is -0.137. The second kappa shape index (κ2) is 10.8. The van der Waals surface area contributed by atoms with Crippen LogP contribution in [0.15, 0.2) is 24.5 Å². The van der Waals surface area contributed by atoms with Crippen molar-refractivity contribution in [3.63, 3.8) is 0 Å². The average Bonchev–Trinajstić information content (AvgIpc) is 2.20. The fourth-order valence-electron chi connectivity index (χ4n) is 1.29. The van der Waals surface area contributed by atoms with Crippen molar-refractivity contribution in [2.75, 3.05) is 0 Å². The van der Waals surface area contributed by atoms with Crippen molar-refractivity contribution >= 4 is 5.97 Å². The Morgan fingerprint density at radius 2 is 1.67 bits per heavy atom. The molecule has 0 aliphatic carbocycles. The largest absolute Gasteiger partial charge is 0.516 e. The number of hydrogen-bond acceptors (Lipinski definition) is 2. The number of allylic oxidation sites excluding steroid dienone is 3. The van der Waals surface area contributed by atoms with Crippen molar-refractivity contribution in [1.29, 1.82) is 0 Å². The molecule has 86 valence electrons. The zero-order chi connectivity index (χ0) is 11.4. The summed E-state index contributed by atoms with van der Waals surface area (Å²) in [6.45, 7) is 0. The predicted octanol–water partition coefficient (Wildman–Crippen LogP) is 3.43. The summed E-state index contributed by atoms with van der Waals surface area (Å²) in [4.78, 5) is 10.2. The van der Waals surface area contributed by atoms with E-state index in [2.05, 4.69) is 0 Å². The lowest BCUT2D eigenvalue weighted by atomic mass is 10.1. The molecule has 0 aromatic heterocycles. The van der Waals surface area contributed by atoms with Crippen molar-refractivity contribution in [3.8, 4) is 0 Å². The van der Waals surface area contributed by atoms with E-state index >= 15 is 0 Å². The number of rotatable bonds is 9. The lowest BCUT2D eigenvalue weighted by Gasteiger charge is -1.97. The van der Waals surface area contributed by atoms with Crippen molar-refractivity contribution in [3.05, 3.63) is 24.5 Å². The van der Waals surface area contributed by atoms with E-state index in [1.807, 2.05) is 12.2 Å². The SMILES string of the molecule is O=C(O)CCCCCCC/C=C\C=C\O. The lowest BCUT2D eigenvalue weighted by Crippen LogP contribution is -1.93. The zero-order valence-electron chi connectivity index (χ0n) is 9.06. The van der Waals surface area contributed by atoms with Gasteiger partial charge in [0.25, 0.3) is 0 Å². The molecule has 0 saturated carbocycles. The summed E-state index contributed by atoms with van der Waals surface area (Å²) in [6.07, 6.45) is 12.9. The number of unbranched alkanes of at least 4 members (excludes halogenated alkanes) is 5. The zero-order valence-corrected chi connectivity index (χ0v) is 9.06. The Morgan fingerprint density at radius 3 is 2.33 bits per heavy atom. The van der Waals surface area contributed by atoms with Gasteiger partial charge in [-0.05, 0) is 25.3 Å². The Kier molecular flexibility index (Phi) is 9.93. The predicted molar refractivity (Wildman–Crippen MR) is 60.9 cm³/mol. The van der Waals surface area contributed by atoms with Crippen molar-refractivity contribution in [2.45, 2.75) is 44.9 Å². The number of aliphatic carboxylic acids is 1. The number of carboxylic acids is 1. The van der Waals surface area contributed by atoms with E-state index < -0.39 is 5.97 Å². The third kappa shape index (κ3) is 12.8. The third-order valence-corrected chi connectivity index (χ3v) is 2.09. The first kappa shape index (κ1) is 13.8. The maximum Gasteiger partial charge on any atom is 0.303 e. The molecule has 0 fully saturated rings. The first-order chi connectivity index (χ1) is 7.27. The molecular formula is C12H20O3. The first-order valence-electron chi connectivity index (χ1n) is 5.45. The normalized spacial score (nSPS) is 11.5. The fraction of sp³-hybridized carbons (Fsp3) is 0.583. The van der Waals surface area contributed by atoms with Crippen LogP contribution in [0.2, 0.25) is 0 Å². The van der Waals surface area contributed by atoms with Crippen LogP contribution in [0.3, 0.4) is 0 Å². The number of hydrogen-bond donors (Lipinski definition) is 2. The molecular weight excluding hydrogens is 192 g/mol. The summed E-state index contributed by atoms with van der Waals surface area (Å²) in [7, 11) is 0. The van der Waals surface area contributed by atoms with Gasteiger partial charge in [0, 0.05) is 6.42 Å². The minimum Gasteiger partial charge on any atom is -0.516 e. The van der Waals surface area contributed by atoms with Gasteiger partial charge in [-0.1, -0.05) is 31.4 Å². The highest BCUT2D eigenvalue weighted by atomic mass is 16.4. The molecule has 0 unspecified atom stereocenters. The molecule has 0 bridgehead atoms. The highest BCUT2D eigenvalue weighted by Crippen LogP contribution is 2.07. The molecule has 0 saturated heterocycles. The molecule has 3 heteroatoms. The van der Waals surface area contributed by atoms with Gasteiger partial charge >= 0.3 is 5.97 Å². The van der Waals surface area contributed by atoms with Gasteiger partial charge in [0.15, 0.2) is 0 Å². The van der Waals surface area contributed by atoms with Crippen LogP contribution in [0.25, 0.3) is 0 Å². The first-order valence-corrected chi connectivity index (χ1v) is 5.45. The van der Waals surface area contributed by atoms with E-state index in [9.17, 15) is 4.79 Å². The molecule has 0 amide bonds. The summed E-state index contributed by atoms with van der Waals surface area (Å²) in [5.41, 5.74) is 0. The van der Waals surface area contributed by atoms with E-state index in [0.29, 0.717) is 6.42 Å². The second-order valence-electron chi connectivity index (χ2n) is 3.47. The summed E-state index contributed by atoms with van der Waals surface area (Å²) < 4.78 is 0. The molecule has 0 spiro atoms. The van der Waals surface area contributed by atoms with Crippen LogP contribution in [-0.4, -0.2) is 16.2 Å². The summed E-state index contributed by atoms with van der Waals surface area (Å²) in [5.74, 6) is -0.700. The second-order valence-corrected chi connectivity index (χ2v) is 3.47. The van der Waals surface area contributed by atoms with Gasteiger partial charge in [-0.25, -0.2) is 0 Å². The highest BCUT2D eigenvalue weighted by Gasteiger charge is 1.95. The average molecular weight is 212 g/mol. The molecule has 0 rings (SSSR count). The number of carbonyl (C=O) groups is 1. The Balaban J connectivity index is 3.08. The topological polar surface area (TPSA) is 57.5 Å². The van der Waals surface area contributed by atoms with Crippen molar-refractivity contribution < 1.29 is 15.0 Å². The van der Waals surface area contributed by atoms with Crippen LogP contribution in [0.5, 0.6) is 0 Å². The molecule has 3 nitrogen and oxygen atoms in total. The fourth-order valence-corrected chi connectivity index (χ4v) is 1.29. The Bertz CT molecular complexity index is 207. The van der Waals surface area contributed by atoms with E-state index in [1.54, 1.807) is 6.08 Å². The Morgan fingerprint density at radius 1 is 1.00 bits per heavy atom. The van der Waals surface area contributed by atoms with Crippen LogP contribution in [0.4, 0.5) is 0 Å². The molecule has 2 N–H and O–H groups in total. The summed E-state index contributed by atoms with van der Waals surface area (Å²) in [5, 5.41) is 16.7. The molecule has 0 aromatic rings. The van der Waals surface area contributed by atoms with Crippen LogP contribution >= 0.6 is 0 Å². The van der Waals surface area contributed by atoms with E-state index in [4.69, 9.17) is 10.2 Å². The van der Waals surface area contributed by atoms with Crippen molar-refractivity contribution in [1.82, 2.24) is 0 Å². The summed E-state index contributed by atoms with van der Waals surface area (Å²) in [6, 6.07) is 0. The maximum atomic E-state index is 10.2. The van der Waals surface area contributed by atoms with E-state index in [0.717, 1.165) is 44.8 Å². The van der Waals surface area contributed by atoms with Gasteiger partial charge in [0.2, 0.25) is 0 Å². The van der Waals surface area contributed by atoms with Gasteiger partial charge in [-0.2, -0.15) is 0 Å². The van der Waals surface area contributed by atoms with Gasteiger partial charge in [-0.15, -0.1) is 0 Å². The molecule has 0 aromatic carbocycles. The third-order valence-electron chi connectivity index (χ3n) is 2.09. The van der Waals surface area contributed by atoms with Crippen LogP contribution < -0.4 is 0 Å².